The van der Waals surface area contributed by atoms with Crippen molar-refractivity contribution in [2.24, 2.45) is 0 Å². The highest BCUT2D eigenvalue weighted by molar-refractivity contribution is 7.99. The highest BCUT2D eigenvalue weighted by Gasteiger charge is 2.30. The van der Waals surface area contributed by atoms with Gasteiger partial charge in [-0.3, -0.25) is 9.59 Å². The number of nitrogens with zero attached hydrogens (tertiary/aromatic N) is 1. The number of amides is 2. The molecule has 0 aromatic heterocycles. The molecule has 0 heterocycles. The number of carbonyl (C=O) groups is 2. The quantitative estimate of drug-likeness (QED) is 0.407. The van der Waals surface area contributed by atoms with Crippen LogP contribution in [-0.4, -0.2) is 34.6 Å². The third-order valence-electron chi connectivity index (χ3n) is 5.22. The summed E-state index contributed by atoms with van der Waals surface area (Å²) in [5, 5.41) is 3.84. The Hall–Kier alpha value is -1.76. The summed E-state index contributed by atoms with van der Waals surface area (Å²) in [6.07, 6.45) is 1.22. The van der Waals surface area contributed by atoms with Crippen LogP contribution in [-0.2, 0) is 21.9 Å². The van der Waals surface area contributed by atoms with Gasteiger partial charge in [0.15, 0.2) is 0 Å². The van der Waals surface area contributed by atoms with Crippen LogP contribution in [0.1, 0.15) is 44.7 Å². The Labute approximate surface area is 203 Å². The first kappa shape index (κ1) is 26.5. The average molecular weight is 499 g/mol. The van der Waals surface area contributed by atoms with Crippen LogP contribution in [0.3, 0.4) is 0 Å². The predicted octanol–water partition coefficient (Wildman–Crippen LogP) is 6.09. The van der Waals surface area contributed by atoms with E-state index in [0.717, 1.165) is 6.42 Å². The van der Waals surface area contributed by atoms with Crippen molar-refractivity contribution in [1.29, 1.82) is 0 Å². The van der Waals surface area contributed by atoms with Gasteiger partial charge < -0.3 is 10.2 Å². The summed E-state index contributed by atoms with van der Waals surface area (Å²) in [6, 6.07) is 11.0. The largest absolute Gasteiger partial charge is 0.352 e. The molecule has 174 valence electrons. The second kappa shape index (κ2) is 13.1. The lowest BCUT2D eigenvalue weighted by atomic mass is 10.1. The van der Waals surface area contributed by atoms with Crippen LogP contribution in [0.25, 0.3) is 0 Å². The highest BCUT2D eigenvalue weighted by atomic mass is 35.5. The average Bonchev–Trinajstić information content (AvgIpc) is 2.76. The third kappa shape index (κ3) is 7.39. The maximum atomic E-state index is 13.9. The van der Waals surface area contributed by atoms with E-state index in [9.17, 15) is 14.0 Å². The van der Waals surface area contributed by atoms with E-state index in [1.54, 1.807) is 36.4 Å². The number of rotatable bonds is 11. The summed E-state index contributed by atoms with van der Waals surface area (Å²) >= 11 is 14.0. The number of benzene rings is 2. The molecular formula is C24H29Cl2FN2O2S. The van der Waals surface area contributed by atoms with E-state index in [1.807, 2.05) is 20.8 Å². The molecule has 4 nitrogen and oxygen atoms in total. The predicted molar refractivity (Wildman–Crippen MR) is 132 cm³/mol. The highest BCUT2D eigenvalue weighted by Crippen LogP contribution is 2.27. The zero-order chi connectivity index (χ0) is 23.7. The lowest BCUT2D eigenvalue weighted by Gasteiger charge is -2.32. The molecule has 0 saturated carbocycles. The van der Waals surface area contributed by atoms with Gasteiger partial charge in [0, 0.05) is 33.9 Å². The number of nitrogens with one attached hydrogen (secondary N) is 1. The Balaban J connectivity index is 2.22. The van der Waals surface area contributed by atoms with E-state index in [0.29, 0.717) is 33.3 Å². The van der Waals surface area contributed by atoms with Crippen LogP contribution >= 0.6 is 35.0 Å². The SMILES string of the molecule is CCC(C)NC(=O)C(CC)N(Cc1c(Cl)cccc1Cl)C(=O)CSCc1ccccc1F. The molecule has 0 spiro atoms. The van der Waals surface area contributed by atoms with Crippen molar-refractivity contribution < 1.29 is 14.0 Å². The fourth-order valence-corrected chi connectivity index (χ4v) is 4.57. The monoisotopic (exact) mass is 498 g/mol. The van der Waals surface area contributed by atoms with Crippen LogP contribution in [0.2, 0.25) is 10.0 Å². The minimum absolute atomic E-state index is 0.00664. The van der Waals surface area contributed by atoms with E-state index >= 15 is 0 Å². The number of hydrogen-bond acceptors (Lipinski definition) is 3. The molecule has 2 aromatic rings. The molecule has 0 aliphatic heterocycles. The first-order valence-electron chi connectivity index (χ1n) is 10.6. The van der Waals surface area contributed by atoms with E-state index in [1.165, 1.54) is 22.7 Å². The molecule has 32 heavy (non-hydrogen) atoms. The summed E-state index contributed by atoms with van der Waals surface area (Å²) in [7, 11) is 0. The van der Waals surface area contributed by atoms with Crippen LogP contribution in [0.15, 0.2) is 42.5 Å². The van der Waals surface area contributed by atoms with Gasteiger partial charge in [-0.05, 0) is 43.5 Å². The summed E-state index contributed by atoms with van der Waals surface area (Å²) in [5.41, 5.74) is 1.13. The normalized spacial score (nSPS) is 12.8. The van der Waals surface area contributed by atoms with Gasteiger partial charge in [0.1, 0.15) is 11.9 Å². The smallest absolute Gasteiger partial charge is 0.243 e. The summed E-state index contributed by atoms with van der Waals surface area (Å²) < 4.78 is 13.9. The van der Waals surface area contributed by atoms with Crippen LogP contribution < -0.4 is 5.32 Å². The van der Waals surface area contributed by atoms with E-state index < -0.39 is 6.04 Å². The second-order valence-corrected chi connectivity index (χ2v) is 9.35. The van der Waals surface area contributed by atoms with Gasteiger partial charge in [0.2, 0.25) is 11.8 Å². The lowest BCUT2D eigenvalue weighted by Crippen LogP contribution is -2.51. The molecule has 2 unspecified atom stereocenters. The molecule has 0 aliphatic rings. The molecule has 0 bridgehead atoms. The van der Waals surface area contributed by atoms with E-state index in [-0.39, 0.29) is 36.0 Å². The molecule has 2 rings (SSSR count). The first-order chi connectivity index (χ1) is 15.3. The Bertz CT molecular complexity index is 908. The number of halogens is 3. The van der Waals surface area contributed by atoms with Gasteiger partial charge in [-0.1, -0.05) is 61.3 Å². The van der Waals surface area contributed by atoms with Gasteiger partial charge in [0.25, 0.3) is 0 Å². The van der Waals surface area contributed by atoms with Crippen LogP contribution in [0.4, 0.5) is 4.39 Å². The second-order valence-electron chi connectivity index (χ2n) is 7.55. The van der Waals surface area contributed by atoms with Gasteiger partial charge in [-0.15, -0.1) is 11.8 Å². The zero-order valence-corrected chi connectivity index (χ0v) is 20.9. The lowest BCUT2D eigenvalue weighted by molar-refractivity contribution is -0.139. The van der Waals surface area contributed by atoms with Gasteiger partial charge in [0.05, 0.1) is 5.75 Å². The fraction of sp³-hybridized carbons (Fsp3) is 0.417. The van der Waals surface area contributed by atoms with Gasteiger partial charge in [-0.2, -0.15) is 0 Å². The van der Waals surface area contributed by atoms with Gasteiger partial charge in [-0.25, -0.2) is 4.39 Å². The van der Waals surface area contributed by atoms with E-state index in [2.05, 4.69) is 5.32 Å². The summed E-state index contributed by atoms with van der Waals surface area (Å²) in [6.45, 7) is 5.88. The van der Waals surface area contributed by atoms with Crippen molar-refractivity contribution in [2.75, 3.05) is 5.75 Å². The topological polar surface area (TPSA) is 49.4 Å². The first-order valence-corrected chi connectivity index (χ1v) is 12.5. The minimum Gasteiger partial charge on any atom is -0.352 e. The Kier molecular flexibility index (Phi) is 10.8. The standard InChI is InChI=1S/C24H29Cl2FN2O2S/c1-4-16(3)28-24(31)22(5-2)29(13-18-19(25)10-8-11-20(18)26)23(30)15-32-14-17-9-6-7-12-21(17)27/h6-12,16,22H,4-5,13-15H2,1-3H3,(H,28,31). The molecule has 2 atom stereocenters. The fourth-order valence-electron chi connectivity index (χ4n) is 3.16. The maximum absolute atomic E-state index is 13.9. The Morgan fingerprint density at radius 2 is 1.72 bits per heavy atom. The van der Waals surface area contributed by atoms with E-state index in [4.69, 9.17) is 23.2 Å². The number of thioether (sulfide) groups is 1. The van der Waals surface area contributed by atoms with Gasteiger partial charge >= 0.3 is 0 Å². The zero-order valence-electron chi connectivity index (χ0n) is 18.5. The maximum Gasteiger partial charge on any atom is 0.243 e. The summed E-state index contributed by atoms with van der Waals surface area (Å²) in [4.78, 5) is 27.7. The third-order valence-corrected chi connectivity index (χ3v) is 6.89. The molecule has 1 N–H and O–H groups in total. The van der Waals surface area contributed by atoms with Crippen molar-refractivity contribution in [2.45, 2.75) is 58.0 Å². The Morgan fingerprint density at radius 1 is 1.06 bits per heavy atom. The van der Waals surface area contributed by atoms with Crippen LogP contribution in [0.5, 0.6) is 0 Å². The van der Waals surface area contributed by atoms with Crippen molar-refractivity contribution in [3.05, 3.63) is 69.5 Å². The molecule has 2 amide bonds. The molecular weight excluding hydrogens is 470 g/mol. The van der Waals surface area contributed by atoms with Crippen molar-refractivity contribution in [3.8, 4) is 0 Å². The number of carbonyl (C=O) groups excluding carboxylic acids is 2. The van der Waals surface area contributed by atoms with Crippen molar-refractivity contribution >= 4 is 46.8 Å². The summed E-state index contributed by atoms with van der Waals surface area (Å²) in [5.74, 6) is -0.282. The Morgan fingerprint density at radius 3 is 2.31 bits per heavy atom. The molecule has 0 radical (unpaired) electrons. The van der Waals surface area contributed by atoms with Crippen molar-refractivity contribution in [1.82, 2.24) is 10.2 Å². The molecule has 2 aromatic carbocycles. The molecule has 8 heteroatoms. The van der Waals surface area contributed by atoms with Crippen LogP contribution in [0, 0.1) is 5.82 Å². The van der Waals surface area contributed by atoms with Crippen molar-refractivity contribution in [3.63, 3.8) is 0 Å². The minimum atomic E-state index is -0.669. The molecule has 0 saturated heterocycles. The number of hydrogen-bond donors (Lipinski definition) is 1. The molecule has 0 aliphatic carbocycles. The molecule has 0 fully saturated rings.